The van der Waals surface area contributed by atoms with Gasteiger partial charge in [-0.25, -0.2) is 0 Å². The van der Waals surface area contributed by atoms with Gasteiger partial charge in [0.2, 0.25) is 0 Å². The predicted molar refractivity (Wildman–Crippen MR) is 144 cm³/mol. The topological polar surface area (TPSA) is 49.9 Å². The lowest BCUT2D eigenvalue weighted by Gasteiger charge is -2.22. The molecule has 0 N–H and O–H groups in total. The molecular weight excluding hydrogens is 456 g/mol. The first kappa shape index (κ1) is 24.6. The average molecular weight is 487 g/mol. The van der Waals surface area contributed by atoms with Gasteiger partial charge in [-0.3, -0.25) is 14.5 Å². The highest BCUT2D eigenvalue weighted by molar-refractivity contribution is 8.18. The van der Waals surface area contributed by atoms with Gasteiger partial charge in [-0.2, -0.15) is 0 Å². The molecule has 1 heterocycles. The fourth-order valence-electron chi connectivity index (χ4n) is 4.01. The largest absolute Gasteiger partial charge is 0.488 e. The van der Waals surface area contributed by atoms with Gasteiger partial charge in [-0.05, 0) is 61.4 Å². The Hall–Kier alpha value is -3.51. The molecule has 2 amide bonds. The molecule has 0 atom stereocenters. The Balaban J connectivity index is 1.56. The first-order valence-electron chi connectivity index (χ1n) is 11.9. The molecule has 0 aliphatic carbocycles. The number of rotatable bonds is 10. The number of amides is 2. The van der Waals surface area contributed by atoms with Gasteiger partial charge in [-0.1, -0.05) is 60.7 Å². The zero-order valence-corrected chi connectivity index (χ0v) is 21.0. The van der Waals surface area contributed by atoms with Crippen molar-refractivity contribution in [1.82, 2.24) is 4.90 Å². The summed E-state index contributed by atoms with van der Waals surface area (Å²) in [5.74, 6) is 0.437. The van der Waals surface area contributed by atoms with Crippen molar-refractivity contribution in [1.29, 1.82) is 0 Å². The van der Waals surface area contributed by atoms with Gasteiger partial charge in [-0.15, -0.1) is 0 Å². The molecule has 3 aromatic carbocycles. The number of carbonyl (C=O) groups is 2. The summed E-state index contributed by atoms with van der Waals surface area (Å²) in [5.41, 5.74) is 4.00. The lowest BCUT2D eigenvalue weighted by Crippen LogP contribution is -2.30. The molecule has 1 aliphatic heterocycles. The molecule has 0 unspecified atom stereocenters. The number of nitrogens with zero attached hydrogens (tertiary/aromatic N) is 2. The maximum atomic E-state index is 13.1. The number of carbonyl (C=O) groups excluding carboxylic acids is 2. The maximum Gasteiger partial charge on any atom is 0.293 e. The van der Waals surface area contributed by atoms with Crippen LogP contribution in [0.25, 0.3) is 6.08 Å². The zero-order valence-electron chi connectivity index (χ0n) is 20.1. The highest BCUT2D eigenvalue weighted by Gasteiger charge is 2.34. The van der Waals surface area contributed by atoms with E-state index in [-0.39, 0.29) is 11.1 Å². The third kappa shape index (κ3) is 6.14. The fourth-order valence-corrected chi connectivity index (χ4v) is 4.86. The molecule has 4 rings (SSSR count). The van der Waals surface area contributed by atoms with E-state index >= 15 is 0 Å². The summed E-state index contributed by atoms with van der Waals surface area (Å²) in [5, 5.41) is -0.233. The number of anilines is 1. The summed E-state index contributed by atoms with van der Waals surface area (Å²) in [6, 6.07) is 25.9. The fraction of sp³-hybridized carbons (Fsp3) is 0.241. The molecule has 35 heavy (non-hydrogen) atoms. The van der Waals surface area contributed by atoms with Crippen molar-refractivity contribution in [2.24, 2.45) is 0 Å². The first-order valence-corrected chi connectivity index (χ1v) is 12.8. The van der Waals surface area contributed by atoms with Crippen molar-refractivity contribution in [2.45, 2.75) is 26.9 Å². The summed E-state index contributed by atoms with van der Waals surface area (Å²) in [4.78, 5) is 29.7. The van der Waals surface area contributed by atoms with Crippen LogP contribution in [0.1, 0.15) is 30.5 Å². The molecule has 1 aliphatic rings. The normalized spacial score (nSPS) is 14.6. The van der Waals surface area contributed by atoms with Gasteiger partial charge in [0.15, 0.2) is 0 Å². The van der Waals surface area contributed by atoms with Crippen LogP contribution in [0.3, 0.4) is 0 Å². The minimum absolute atomic E-state index is 0.233. The van der Waals surface area contributed by atoms with E-state index in [1.807, 2.05) is 78.9 Å². The Kier molecular flexibility index (Phi) is 8.27. The lowest BCUT2D eigenvalue weighted by molar-refractivity contribution is -0.122. The number of benzene rings is 3. The highest BCUT2D eigenvalue weighted by Crippen LogP contribution is 2.35. The number of thioether (sulfide) groups is 1. The Labute approximate surface area is 211 Å². The quantitative estimate of drug-likeness (QED) is 0.311. The Bertz CT molecular complexity index is 1190. The molecule has 5 nitrogen and oxygen atoms in total. The van der Waals surface area contributed by atoms with Crippen LogP contribution in [0.2, 0.25) is 0 Å². The second-order valence-corrected chi connectivity index (χ2v) is 9.23. The van der Waals surface area contributed by atoms with Crippen LogP contribution >= 0.6 is 11.8 Å². The molecular formula is C29H30N2O3S. The molecule has 0 bridgehead atoms. The third-order valence-electron chi connectivity index (χ3n) is 5.99. The smallest absolute Gasteiger partial charge is 0.293 e. The molecule has 1 fully saturated rings. The monoisotopic (exact) mass is 486 g/mol. The number of hydrogen-bond acceptors (Lipinski definition) is 5. The van der Waals surface area contributed by atoms with E-state index in [1.54, 1.807) is 6.08 Å². The molecule has 0 aromatic heterocycles. The summed E-state index contributed by atoms with van der Waals surface area (Å²) >= 11 is 0.987. The molecule has 0 saturated carbocycles. The van der Waals surface area contributed by atoms with Gasteiger partial charge in [0.25, 0.3) is 11.1 Å². The standard InChI is InChI=1S/C29H30N2O3S/c1-3-30(4-2)25-16-15-24(26(20-25)34-21-23-13-9-6-10-14-23)19-27-28(32)31(29(33)35-27)18-17-22-11-7-5-8-12-22/h5-16,19-20H,3-4,17-18,21H2,1-2H3/b27-19+. The first-order chi connectivity index (χ1) is 17.1. The maximum absolute atomic E-state index is 13.1. The zero-order chi connectivity index (χ0) is 24.6. The lowest BCUT2D eigenvalue weighted by atomic mass is 10.1. The van der Waals surface area contributed by atoms with Crippen LogP contribution in [0.15, 0.2) is 83.8 Å². The van der Waals surface area contributed by atoms with E-state index in [2.05, 4.69) is 18.7 Å². The Morgan fingerprint density at radius 2 is 1.54 bits per heavy atom. The molecule has 3 aromatic rings. The van der Waals surface area contributed by atoms with E-state index in [0.717, 1.165) is 47.2 Å². The third-order valence-corrected chi connectivity index (χ3v) is 6.90. The van der Waals surface area contributed by atoms with E-state index < -0.39 is 0 Å². The van der Waals surface area contributed by atoms with Crippen molar-refractivity contribution in [3.05, 3.63) is 100 Å². The van der Waals surface area contributed by atoms with Crippen molar-refractivity contribution >= 4 is 34.7 Å². The molecule has 180 valence electrons. The van der Waals surface area contributed by atoms with Gasteiger partial charge in [0.05, 0.1) is 4.91 Å². The second-order valence-electron chi connectivity index (χ2n) is 8.24. The van der Waals surface area contributed by atoms with E-state index in [0.29, 0.717) is 30.2 Å². The molecule has 0 spiro atoms. The number of hydrogen-bond donors (Lipinski definition) is 0. The minimum Gasteiger partial charge on any atom is -0.488 e. The molecule has 1 saturated heterocycles. The molecule has 6 heteroatoms. The van der Waals surface area contributed by atoms with Crippen molar-refractivity contribution in [3.63, 3.8) is 0 Å². The predicted octanol–water partition coefficient (Wildman–Crippen LogP) is 6.39. The van der Waals surface area contributed by atoms with Crippen molar-refractivity contribution < 1.29 is 14.3 Å². The number of imide groups is 1. The molecule has 0 radical (unpaired) electrons. The Morgan fingerprint density at radius 1 is 0.886 bits per heavy atom. The summed E-state index contributed by atoms with van der Waals surface area (Å²) in [6.45, 7) is 6.79. The second kappa shape index (κ2) is 11.8. The van der Waals surface area contributed by atoms with E-state index in [9.17, 15) is 9.59 Å². The van der Waals surface area contributed by atoms with Crippen LogP contribution in [0.5, 0.6) is 5.75 Å². The van der Waals surface area contributed by atoms with Gasteiger partial charge in [0, 0.05) is 37.0 Å². The van der Waals surface area contributed by atoms with Crippen LogP contribution < -0.4 is 9.64 Å². The number of ether oxygens (including phenoxy) is 1. The van der Waals surface area contributed by atoms with E-state index in [4.69, 9.17) is 4.74 Å². The van der Waals surface area contributed by atoms with Crippen LogP contribution in [-0.4, -0.2) is 35.7 Å². The van der Waals surface area contributed by atoms with Crippen molar-refractivity contribution in [2.75, 3.05) is 24.5 Å². The van der Waals surface area contributed by atoms with Crippen LogP contribution in [0.4, 0.5) is 10.5 Å². The van der Waals surface area contributed by atoms with E-state index in [1.165, 1.54) is 4.90 Å². The summed E-state index contributed by atoms with van der Waals surface area (Å²) < 4.78 is 6.22. The Morgan fingerprint density at radius 3 is 2.20 bits per heavy atom. The highest BCUT2D eigenvalue weighted by atomic mass is 32.2. The van der Waals surface area contributed by atoms with Crippen LogP contribution in [0, 0.1) is 0 Å². The summed E-state index contributed by atoms with van der Waals surface area (Å²) in [6.07, 6.45) is 2.41. The van der Waals surface area contributed by atoms with Gasteiger partial charge in [0.1, 0.15) is 12.4 Å². The van der Waals surface area contributed by atoms with Gasteiger partial charge >= 0.3 is 0 Å². The van der Waals surface area contributed by atoms with Crippen molar-refractivity contribution in [3.8, 4) is 5.75 Å². The van der Waals surface area contributed by atoms with Crippen LogP contribution in [-0.2, 0) is 17.8 Å². The average Bonchev–Trinajstić information content (AvgIpc) is 3.16. The minimum atomic E-state index is -0.252. The van der Waals surface area contributed by atoms with Gasteiger partial charge < -0.3 is 9.64 Å². The SMILES string of the molecule is CCN(CC)c1ccc(/C=C2/SC(=O)N(CCc3ccccc3)C2=O)c(OCc2ccccc2)c1. The summed E-state index contributed by atoms with van der Waals surface area (Å²) in [7, 11) is 0.